The maximum Gasteiger partial charge on any atom is 0.407 e. The molecular formula is C11H21NO3. The number of rotatable bonds is 5. The van der Waals surface area contributed by atoms with Crippen molar-refractivity contribution >= 4 is 6.09 Å². The summed E-state index contributed by atoms with van der Waals surface area (Å²) in [6.07, 6.45) is 5.58. The number of nitrogens with one attached hydrogen (secondary N) is 1. The van der Waals surface area contributed by atoms with Crippen molar-refractivity contribution < 1.29 is 14.3 Å². The first-order valence-electron chi connectivity index (χ1n) is 5.84. The second-order valence-electron chi connectivity index (χ2n) is 3.81. The summed E-state index contributed by atoms with van der Waals surface area (Å²) in [6, 6.07) is 0.318. The molecule has 0 radical (unpaired) electrons. The summed E-state index contributed by atoms with van der Waals surface area (Å²) >= 11 is 0. The molecular weight excluding hydrogens is 194 g/mol. The minimum atomic E-state index is -0.304. The molecule has 0 saturated heterocycles. The first-order chi connectivity index (χ1) is 7.33. The molecule has 1 fully saturated rings. The second-order valence-corrected chi connectivity index (χ2v) is 3.81. The van der Waals surface area contributed by atoms with E-state index in [2.05, 4.69) is 5.32 Å². The van der Waals surface area contributed by atoms with Crippen LogP contribution in [0.5, 0.6) is 0 Å². The number of ether oxygens (including phenoxy) is 2. The van der Waals surface area contributed by atoms with Gasteiger partial charge in [0.15, 0.2) is 0 Å². The molecule has 4 nitrogen and oxygen atoms in total. The van der Waals surface area contributed by atoms with Crippen molar-refractivity contribution in [1.29, 1.82) is 0 Å². The molecule has 15 heavy (non-hydrogen) atoms. The van der Waals surface area contributed by atoms with Gasteiger partial charge in [-0.2, -0.15) is 0 Å². The Morgan fingerprint density at radius 1 is 1.27 bits per heavy atom. The second kappa shape index (κ2) is 7.51. The average molecular weight is 215 g/mol. The van der Waals surface area contributed by atoms with Crippen LogP contribution in [0.15, 0.2) is 0 Å². The average Bonchev–Trinajstić information content (AvgIpc) is 2.26. The van der Waals surface area contributed by atoms with E-state index in [1.165, 1.54) is 19.3 Å². The number of carbonyl (C=O) groups is 1. The van der Waals surface area contributed by atoms with Gasteiger partial charge < -0.3 is 14.8 Å². The highest BCUT2D eigenvalue weighted by molar-refractivity contribution is 5.67. The minimum absolute atomic E-state index is 0.304. The fraction of sp³-hybridized carbons (Fsp3) is 0.909. The number of hydrogen-bond acceptors (Lipinski definition) is 3. The van der Waals surface area contributed by atoms with Crippen molar-refractivity contribution in [3.8, 4) is 0 Å². The largest absolute Gasteiger partial charge is 0.447 e. The quantitative estimate of drug-likeness (QED) is 0.714. The van der Waals surface area contributed by atoms with Gasteiger partial charge >= 0.3 is 6.09 Å². The van der Waals surface area contributed by atoms with E-state index in [0.717, 1.165) is 12.8 Å². The Morgan fingerprint density at radius 2 is 2.00 bits per heavy atom. The van der Waals surface area contributed by atoms with Crippen LogP contribution in [-0.4, -0.2) is 32.0 Å². The van der Waals surface area contributed by atoms with Crippen LogP contribution in [0.1, 0.15) is 39.0 Å². The number of carbonyl (C=O) groups excluding carboxylic acids is 1. The van der Waals surface area contributed by atoms with Crippen molar-refractivity contribution in [2.24, 2.45) is 0 Å². The summed E-state index contributed by atoms with van der Waals surface area (Å²) < 4.78 is 10.0. The molecule has 0 heterocycles. The van der Waals surface area contributed by atoms with E-state index in [-0.39, 0.29) is 6.09 Å². The Hall–Kier alpha value is -0.770. The van der Waals surface area contributed by atoms with Crippen molar-refractivity contribution in [2.45, 2.75) is 45.1 Å². The fourth-order valence-electron chi connectivity index (χ4n) is 1.79. The van der Waals surface area contributed by atoms with Crippen molar-refractivity contribution in [1.82, 2.24) is 5.32 Å². The molecule has 1 aliphatic carbocycles. The van der Waals surface area contributed by atoms with Gasteiger partial charge in [0.05, 0.1) is 6.61 Å². The van der Waals surface area contributed by atoms with Gasteiger partial charge in [-0.1, -0.05) is 19.3 Å². The summed E-state index contributed by atoms with van der Waals surface area (Å²) in [6.45, 7) is 3.40. The number of amides is 1. The lowest BCUT2D eigenvalue weighted by molar-refractivity contribution is 0.0766. The third kappa shape index (κ3) is 5.62. The van der Waals surface area contributed by atoms with E-state index in [9.17, 15) is 4.79 Å². The van der Waals surface area contributed by atoms with Gasteiger partial charge in [-0.05, 0) is 19.8 Å². The molecule has 1 N–H and O–H groups in total. The lowest BCUT2D eigenvalue weighted by atomic mass is 9.96. The molecule has 0 atom stereocenters. The molecule has 0 aliphatic heterocycles. The Balaban J connectivity index is 2.01. The monoisotopic (exact) mass is 215 g/mol. The molecule has 0 unspecified atom stereocenters. The molecule has 1 rings (SSSR count). The topological polar surface area (TPSA) is 47.6 Å². The summed E-state index contributed by atoms with van der Waals surface area (Å²) in [5.41, 5.74) is 0. The molecule has 1 saturated carbocycles. The van der Waals surface area contributed by atoms with Crippen LogP contribution in [0.3, 0.4) is 0 Å². The predicted molar refractivity (Wildman–Crippen MR) is 57.8 cm³/mol. The molecule has 4 heteroatoms. The standard InChI is InChI=1S/C11H21NO3/c1-2-14-8-9-15-11(13)12-10-6-4-3-5-7-10/h10H,2-9H2,1H3,(H,12,13). The molecule has 0 bridgehead atoms. The predicted octanol–water partition coefficient (Wildman–Crippen LogP) is 2.08. The van der Waals surface area contributed by atoms with E-state index in [4.69, 9.17) is 9.47 Å². The van der Waals surface area contributed by atoms with Gasteiger partial charge in [-0.25, -0.2) is 4.79 Å². The lowest BCUT2D eigenvalue weighted by Gasteiger charge is -2.22. The summed E-state index contributed by atoms with van der Waals surface area (Å²) in [5, 5.41) is 2.88. The Morgan fingerprint density at radius 3 is 2.67 bits per heavy atom. The first kappa shape index (κ1) is 12.3. The molecule has 0 aromatic rings. The molecule has 0 aromatic carbocycles. The number of alkyl carbamates (subject to hydrolysis) is 1. The normalized spacial score (nSPS) is 17.4. The third-order valence-corrected chi connectivity index (χ3v) is 2.59. The maximum absolute atomic E-state index is 11.3. The van der Waals surface area contributed by atoms with Gasteiger partial charge in [0.1, 0.15) is 6.61 Å². The van der Waals surface area contributed by atoms with Crippen LogP contribution in [0, 0.1) is 0 Å². The minimum Gasteiger partial charge on any atom is -0.447 e. The zero-order valence-corrected chi connectivity index (χ0v) is 9.46. The van der Waals surface area contributed by atoms with Crippen LogP contribution in [0.25, 0.3) is 0 Å². The summed E-state index contributed by atoms with van der Waals surface area (Å²) in [4.78, 5) is 11.3. The molecule has 88 valence electrons. The molecule has 1 amide bonds. The van der Waals surface area contributed by atoms with Crippen LogP contribution in [0.4, 0.5) is 4.79 Å². The van der Waals surface area contributed by atoms with Gasteiger partial charge in [-0.3, -0.25) is 0 Å². The van der Waals surface area contributed by atoms with Gasteiger partial charge in [0, 0.05) is 12.6 Å². The number of hydrogen-bond donors (Lipinski definition) is 1. The summed E-state index contributed by atoms with van der Waals surface area (Å²) in [7, 11) is 0. The Kier molecular flexibility index (Phi) is 6.16. The Bertz CT molecular complexity index is 179. The highest BCUT2D eigenvalue weighted by Crippen LogP contribution is 2.17. The van der Waals surface area contributed by atoms with E-state index in [0.29, 0.717) is 25.9 Å². The lowest BCUT2D eigenvalue weighted by Crippen LogP contribution is -2.37. The first-order valence-corrected chi connectivity index (χ1v) is 5.84. The van der Waals surface area contributed by atoms with E-state index < -0.39 is 0 Å². The molecule has 0 aromatic heterocycles. The van der Waals surface area contributed by atoms with Crippen molar-refractivity contribution in [3.05, 3.63) is 0 Å². The van der Waals surface area contributed by atoms with Crippen LogP contribution >= 0.6 is 0 Å². The highest BCUT2D eigenvalue weighted by atomic mass is 16.6. The van der Waals surface area contributed by atoms with Crippen molar-refractivity contribution in [2.75, 3.05) is 19.8 Å². The smallest absolute Gasteiger partial charge is 0.407 e. The molecule has 0 spiro atoms. The highest BCUT2D eigenvalue weighted by Gasteiger charge is 2.15. The van der Waals surface area contributed by atoms with Crippen LogP contribution in [0.2, 0.25) is 0 Å². The van der Waals surface area contributed by atoms with Gasteiger partial charge in [-0.15, -0.1) is 0 Å². The SMILES string of the molecule is CCOCCOC(=O)NC1CCCCC1. The maximum atomic E-state index is 11.3. The fourth-order valence-corrected chi connectivity index (χ4v) is 1.79. The zero-order chi connectivity index (χ0) is 10.9. The zero-order valence-electron chi connectivity index (χ0n) is 9.46. The van der Waals surface area contributed by atoms with E-state index in [1.807, 2.05) is 6.92 Å². The van der Waals surface area contributed by atoms with Crippen molar-refractivity contribution in [3.63, 3.8) is 0 Å². The van der Waals surface area contributed by atoms with Gasteiger partial charge in [0.25, 0.3) is 0 Å². The Labute approximate surface area is 91.3 Å². The van der Waals surface area contributed by atoms with E-state index in [1.54, 1.807) is 0 Å². The van der Waals surface area contributed by atoms with Crippen LogP contribution in [-0.2, 0) is 9.47 Å². The summed E-state index contributed by atoms with van der Waals surface area (Å²) in [5.74, 6) is 0. The van der Waals surface area contributed by atoms with Gasteiger partial charge in [0.2, 0.25) is 0 Å². The third-order valence-electron chi connectivity index (χ3n) is 2.59. The van der Waals surface area contributed by atoms with E-state index >= 15 is 0 Å². The molecule has 1 aliphatic rings. The van der Waals surface area contributed by atoms with Crippen LogP contribution < -0.4 is 5.32 Å².